The maximum Gasteiger partial charge on any atom is 0.244 e. The van der Waals surface area contributed by atoms with Crippen molar-refractivity contribution in [1.29, 1.82) is 0 Å². The molecule has 2 atom stereocenters. The third-order valence-electron chi connectivity index (χ3n) is 5.92. The second-order valence-electron chi connectivity index (χ2n) is 8.40. The summed E-state index contributed by atoms with van der Waals surface area (Å²) in [6.07, 6.45) is 2.33. The Hall–Kier alpha value is -4.37. The van der Waals surface area contributed by atoms with Gasteiger partial charge in [0.2, 0.25) is 11.7 Å². The Labute approximate surface area is 214 Å². The Morgan fingerprint density at radius 3 is 2.32 bits per heavy atom. The number of rotatable bonds is 9. The Balaban J connectivity index is 1.42. The molecule has 0 fully saturated rings. The molecule has 0 saturated carbocycles. The fourth-order valence-corrected chi connectivity index (χ4v) is 3.97. The number of phenols is 2. The van der Waals surface area contributed by atoms with Crippen LogP contribution in [0.1, 0.15) is 22.8 Å². The molecule has 0 spiro atoms. The molecule has 0 bridgehead atoms. The van der Waals surface area contributed by atoms with E-state index in [9.17, 15) is 20.1 Å². The Kier molecular flexibility index (Phi) is 8.05. The monoisotopic (exact) mass is 507 g/mol. The van der Waals surface area contributed by atoms with E-state index in [4.69, 9.17) is 18.9 Å². The molecule has 4 rings (SSSR count). The molecule has 1 heterocycles. The minimum Gasteiger partial charge on any atom is -0.508 e. The van der Waals surface area contributed by atoms with Crippen LogP contribution in [0, 0.1) is 0 Å². The molecule has 3 aromatic rings. The van der Waals surface area contributed by atoms with Crippen molar-refractivity contribution in [1.82, 2.24) is 5.32 Å². The summed E-state index contributed by atoms with van der Waals surface area (Å²) in [5.41, 5.74) is 2.33. The van der Waals surface area contributed by atoms with Crippen LogP contribution in [0.2, 0.25) is 0 Å². The smallest absolute Gasteiger partial charge is 0.244 e. The number of carbonyl (C=O) groups is 1. The molecule has 4 N–H and O–H groups in total. The lowest BCUT2D eigenvalue weighted by atomic mass is 10.0. The summed E-state index contributed by atoms with van der Waals surface area (Å²) in [6.45, 7) is 0.139. The number of hydrogen-bond acceptors (Lipinski definition) is 8. The van der Waals surface area contributed by atoms with Gasteiger partial charge in [0.1, 0.15) is 5.75 Å². The van der Waals surface area contributed by atoms with Gasteiger partial charge in [-0.25, -0.2) is 0 Å². The zero-order valence-electron chi connectivity index (χ0n) is 20.5. The maximum absolute atomic E-state index is 12.2. The average molecular weight is 508 g/mol. The quantitative estimate of drug-likeness (QED) is 0.325. The van der Waals surface area contributed by atoms with Crippen LogP contribution in [-0.4, -0.2) is 54.7 Å². The summed E-state index contributed by atoms with van der Waals surface area (Å²) in [5.74, 6) is 1.16. The van der Waals surface area contributed by atoms with Crippen LogP contribution in [0.25, 0.3) is 6.08 Å². The highest BCUT2D eigenvalue weighted by atomic mass is 16.6. The third-order valence-corrected chi connectivity index (χ3v) is 5.92. The number of methoxy groups -OCH3 is 2. The molecule has 0 radical (unpaired) electrons. The first-order valence-corrected chi connectivity index (χ1v) is 11.7. The molecule has 0 aliphatic carbocycles. The number of benzene rings is 3. The minimum absolute atomic E-state index is 0.132. The first kappa shape index (κ1) is 25.7. The van der Waals surface area contributed by atoms with Crippen LogP contribution < -0.4 is 24.3 Å². The van der Waals surface area contributed by atoms with Crippen molar-refractivity contribution in [2.24, 2.45) is 0 Å². The lowest BCUT2D eigenvalue weighted by Crippen LogP contribution is -2.36. The van der Waals surface area contributed by atoms with Crippen molar-refractivity contribution in [3.63, 3.8) is 0 Å². The van der Waals surface area contributed by atoms with Gasteiger partial charge in [0.15, 0.2) is 35.2 Å². The SMILES string of the molecule is COc1cc([C@@H]2Oc3ccc(C=CC(=O)NCCc4ccc(O)cc4)cc3O[C@H]2CO)cc(OC)c1O. The normalized spacial score (nSPS) is 16.4. The van der Waals surface area contributed by atoms with Crippen molar-refractivity contribution in [2.75, 3.05) is 27.4 Å². The number of carbonyl (C=O) groups excluding carboxylic acids is 1. The Morgan fingerprint density at radius 1 is 0.973 bits per heavy atom. The molecule has 1 aliphatic rings. The summed E-state index contributed by atoms with van der Waals surface area (Å²) in [6, 6.07) is 15.3. The minimum atomic E-state index is -0.728. The molecule has 0 saturated heterocycles. The molecular weight excluding hydrogens is 478 g/mol. The topological polar surface area (TPSA) is 127 Å². The van der Waals surface area contributed by atoms with Crippen molar-refractivity contribution in [2.45, 2.75) is 18.6 Å². The van der Waals surface area contributed by atoms with E-state index < -0.39 is 12.2 Å². The van der Waals surface area contributed by atoms with Crippen molar-refractivity contribution in [3.05, 3.63) is 77.4 Å². The highest BCUT2D eigenvalue weighted by molar-refractivity contribution is 5.91. The fraction of sp³-hybridized carbons (Fsp3) is 0.250. The molecule has 1 aliphatic heterocycles. The first-order valence-electron chi connectivity index (χ1n) is 11.7. The van der Waals surface area contributed by atoms with Crippen LogP contribution in [0.3, 0.4) is 0 Å². The number of aromatic hydroxyl groups is 2. The van der Waals surface area contributed by atoms with Gasteiger partial charge >= 0.3 is 0 Å². The van der Waals surface area contributed by atoms with Gasteiger partial charge in [0.05, 0.1) is 20.8 Å². The van der Waals surface area contributed by atoms with Gasteiger partial charge in [-0.2, -0.15) is 0 Å². The molecule has 37 heavy (non-hydrogen) atoms. The number of phenolic OH excluding ortho intramolecular Hbond substituents is 2. The molecule has 9 nitrogen and oxygen atoms in total. The first-order chi connectivity index (χ1) is 17.9. The lowest BCUT2D eigenvalue weighted by Gasteiger charge is -2.33. The second-order valence-corrected chi connectivity index (χ2v) is 8.40. The van der Waals surface area contributed by atoms with E-state index in [2.05, 4.69) is 5.32 Å². The van der Waals surface area contributed by atoms with Crippen LogP contribution in [0.4, 0.5) is 0 Å². The Morgan fingerprint density at radius 2 is 1.68 bits per heavy atom. The lowest BCUT2D eigenvalue weighted by molar-refractivity contribution is -0.116. The van der Waals surface area contributed by atoms with Gasteiger partial charge in [0.25, 0.3) is 0 Å². The number of aliphatic hydroxyl groups is 1. The van der Waals surface area contributed by atoms with Crippen LogP contribution in [-0.2, 0) is 11.2 Å². The van der Waals surface area contributed by atoms with E-state index in [1.807, 2.05) is 12.1 Å². The summed E-state index contributed by atoms with van der Waals surface area (Å²) in [4.78, 5) is 12.2. The van der Waals surface area contributed by atoms with E-state index in [-0.39, 0.29) is 35.5 Å². The third kappa shape index (κ3) is 6.07. The largest absolute Gasteiger partial charge is 0.508 e. The van der Waals surface area contributed by atoms with Crippen molar-refractivity contribution < 1.29 is 39.1 Å². The van der Waals surface area contributed by atoms with E-state index in [1.54, 1.807) is 48.5 Å². The van der Waals surface area contributed by atoms with Gasteiger partial charge in [-0.1, -0.05) is 18.2 Å². The summed E-state index contributed by atoms with van der Waals surface area (Å²) in [5, 5.41) is 32.4. The highest BCUT2D eigenvalue weighted by Crippen LogP contribution is 2.44. The molecule has 0 aromatic heterocycles. The van der Waals surface area contributed by atoms with Crippen molar-refractivity contribution in [3.8, 4) is 34.5 Å². The fourth-order valence-electron chi connectivity index (χ4n) is 3.97. The zero-order valence-corrected chi connectivity index (χ0v) is 20.5. The number of ether oxygens (including phenoxy) is 4. The predicted octanol–water partition coefficient (Wildman–Crippen LogP) is 3.36. The molecule has 0 unspecified atom stereocenters. The maximum atomic E-state index is 12.2. The number of nitrogens with one attached hydrogen (secondary N) is 1. The van der Waals surface area contributed by atoms with E-state index in [1.165, 1.54) is 20.3 Å². The number of fused-ring (bicyclic) bond motifs is 1. The molecule has 3 aromatic carbocycles. The summed E-state index contributed by atoms with van der Waals surface area (Å²) in [7, 11) is 2.86. The van der Waals surface area contributed by atoms with Gasteiger partial charge in [-0.15, -0.1) is 0 Å². The summed E-state index contributed by atoms with van der Waals surface area (Å²) >= 11 is 0. The van der Waals surface area contributed by atoms with Gasteiger partial charge in [-0.3, -0.25) is 4.79 Å². The molecular formula is C28H29NO8. The van der Waals surface area contributed by atoms with Gasteiger partial charge in [-0.05, 0) is 60.0 Å². The van der Waals surface area contributed by atoms with Crippen molar-refractivity contribution >= 4 is 12.0 Å². The zero-order chi connectivity index (χ0) is 26.4. The Bertz CT molecular complexity index is 1250. The predicted molar refractivity (Wildman–Crippen MR) is 136 cm³/mol. The van der Waals surface area contributed by atoms with E-state index in [0.717, 1.165) is 11.1 Å². The highest BCUT2D eigenvalue weighted by Gasteiger charge is 2.34. The summed E-state index contributed by atoms with van der Waals surface area (Å²) < 4.78 is 22.6. The van der Waals surface area contributed by atoms with Crippen LogP contribution in [0.5, 0.6) is 34.5 Å². The molecule has 194 valence electrons. The van der Waals surface area contributed by atoms with E-state index in [0.29, 0.717) is 30.0 Å². The number of aliphatic hydroxyl groups excluding tert-OH is 1. The number of hydrogen-bond donors (Lipinski definition) is 4. The van der Waals surface area contributed by atoms with Crippen LogP contribution >= 0.6 is 0 Å². The van der Waals surface area contributed by atoms with Gasteiger partial charge in [0, 0.05) is 18.2 Å². The standard InChI is InChI=1S/C28H29NO8/c1-34-23-14-19(15-24(35-2)27(23)33)28-25(16-30)36-22-13-18(5-9-21(22)37-28)6-10-26(32)29-12-11-17-3-7-20(31)8-4-17/h3-10,13-15,25,28,30-31,33H,11-12,16H2,1-2H3,(H,29,32)/t25-,28-/m0/s1. The second kappa shape index (κ2) is 11.6. The van der Waals surface area contributed by atoms with E-state index >= 15 is 0 Å². The van der Waals surface area contributed by atoms with Crippen LogP contribution in [0.15, 0.2) is 60.7 Å². The molecule has 1 amide bonds. The van der Waals surface area contributed by atoms with Gasteiger partial charge < -0.3 is 39.6 Å². The average Bonchev–Trinajstić information content (AvgIpc) is 2.92. The number of amides is 1. The molecule has 9 heteroatoms.